The molecule has 0 saturated heterocycles. The molecule has 3 heteroatoms. The van der Waals surface area contributed by atoms with Crippen molar-refractivity contribution in [3.63, 3.8) is 0 Å². The number of nitrogens with zero attached hydrogens (tertiary/aromatic N) is 2. The van der Waals surface area contributed by atoms with Crippen molar-refractivity contribution in [1.29, 1.82) is 0 Å². The van der Waals surface area contributed by atoms with Crippen molar-refractivity contribution in [3.8, 4) is 0 Å². The molecular weight excluding hydrogens is 308 g/mol. The summed E-state index contributed by atoms with van der Waals surface area (Å²) in [5, 5.41) is 0. The van der Waals surface area contributed by atoms with Crippen molar-refractivity contribution in [2.45, 2.75) is 45.1 Å². The standard InChI is InChI=1S/C22H28N2O/c1-3-23(4-2)20-12-14-21(15-13-20)24(18-25)22(16-8-9-17-22)19-10-6-5-7-11-19/h5-7,10-15,18H,3-4,8-9,16-17H2,1-2H3. The molecule has 0 spiro atoms. The van der Waals surface area contributed by atoms with Crippen LogP contribution in [0.3, 0.4) is 0 Å². The highest BCUT2D eigenvalue weighted by atomic mass is 16.1. The molecule has 0 unspecified atom stereocenters. The van der Waals surface area contributed by atoms with Crippen LogP contribution < -0.4 is 9.80 Å². The molecule has 1 saturated carbocycles. The van der Waals surface area contributed by atoms with E-state index in [-0.39, 0.29) is 5.54 Å². The van der Waals surface area contributed by atoms with Gasteiger partial charge in [0.05, 0.1) is 5.54 Å². The second-order valence-electron chi connectivity index (χ2n) is 6.77. The van der Waals surface area contributed by atoms with Crippen LogP contribution in [0, 0.1) is 0 Å². The first-order valence-electron chi connectivity index (χ1n) is 9.40. The maximum absolute atomic E-state index is 12.1. The van der Waals surface area contributed by atoms with Gasteiger partial charge in [0.15, 0.2) is 0 Å². The predicted octanol–water partition coefficient (Wildman–Crippen LogP) is 4.97. The van der Waals surface area contributed by atoms with Gasteiger partial charge < -0.3 is 9.80 Å². The van der Waals surface area contributed by atoms with E-state index in [0.717, 1.165) is 50.9 Å². The quantitative estimate of drug-likeness (QED) is 0.667. The van der Waals surface area contributed by atoms with Gasteiger partial charge >= 0.3 is 0 Å². The van der Waals surface area contributed by atoms with Gasteiger partial charge in [-0.3, -0.25) is 4.79 Å². The summed E-state index contributed by atoms with van der Waals surface area (Å²) < 4.78 is 0. The van der Waals surface area contributed by atoms with Gasteiger partial charge in [0.2, 0.25) is 6.41 Å². The Bertz CT molecular complexity index is 671. The van der Waals surface area contributed by atoms with E-state index >= 15 is 0 Å². The van der Waals surface area contributed by atoms with E-state index in [0.29, 0.717) is 0 Å². The molecule has 0 heterocycles. The van der Waals surface area contributed by atoms with E-state index in [1.165, 1.54) is 11.3 Å². The average Bonchev–Trinajstić information content (AvgIpc) is 3.16. The summed E-state index contributed by atoms with van der Waals surface area (Å²) >= 11 is 0. The minimum absolute atomic E-state index is 0.209. The zero-order chi connectivity index (χ0) is 17.7. The molecule has 2 aromatic rings. The van der Waals surface area contributed by atoms with E-state index in [1.54, 1.807) is 0 Å². The maximum Gasteiger partial charge on any atom is 0.214 e. The highest BCUT2D eigenvalue weighted by Gasteiger charge is 2.41. The van der Waals surface area contributed by atoms with Crippen molar-refractivity contribution in [1.82, 2.24) is 0 Å². The molecule has 0 bridgehead atoms. The number of hydrogen-bond acceptors (Lipinski definition) is 2. The molecule has 1 aliphatic carbocycles. The fourth-order valence-corrected chi connectivity index (χ4v) is 4.20. The highest BCUT2D eigenvalue weighted by molar-refractivity contribution is 5.79. The number of carbonyl (C=O) groups is 1. The summed E-state index contributed by atoms with van der Waals surface area (Å²) in [7, 11) is 0. The Labute approximate surface area is 151 Å². The molecule has 1 aliphatic rings. The number of rotatable bonds is 7. The lowest BCUT2D eigenvalue weighted by Gasteiger charge is -2.39. The number of anilines is 2. The van der Waals surface area contributed by atoms with Crippen LogP contribution in [0.5, 0.6) is 0 Å². The van der Waals surface area contributed by atoms with Crippen molar-refractivity contribution >= 4 is 17.8 Å². The fourth-order valence-electron chi connectivity index (χ4n) is 4.20. The third kappa shape index (κ3) is 3.28. The maximum atomic E-state index is 12.1. The summed E-state index contributed by atoms with van der Waals surface area (Å²) in [5.74, 6) is 0. The SMILES string of the molecule is CCN(CC)c1ccc(N(C=O)C2(c3ccccc3)CCCC2)cc1. The number of carbonyl (C=O) groups excluding carboxylic acids is 1. The lowest BCUT2D eigenvalue weighted by atomic mass is 9.86. The Morgan fingerprint density at radius 1 is 0.880 bits per heavy atom. The van der Waals surface area contributed by atoms with Gasteiger partial charge in [-0.15, -0.1) is 0 Å². The Hall–Kier alpha value is -2.29. The molecule has 2 aromatic carbocycles. The Kier molecular flexibility index (Phi) is 5.42. The summed E-state index contributed by atoms with van der Waals surface area (Å²) in [5.41, 5.74) is 3.23. The van der Waals surface area contributed by atoms with Crippen molar-refractivity contribution < 1.29 is 4.79 Å². The van der Waals surface area contributed by atoms with Gasteiger partial charge in [0.25, 0.3) is 0 Å². The smallest absolute Gasteiger partial charge is 0.214 e. The molecule has 132 valence electrons. The zero-order valence-electron chi connectivity index (χ0n) is 15.3. The van der Waals surface area contributed by atoms with Gasteiger partial charge in [-0.25, -0.2) is 0 Å². The Balaban J connectivity index is 1.96. The van der Waals surface area contributed by atoms with Crippen LogP contribution in [0.2, 0.25) is 0 Å². The topological polar surface area (TPSA) is 23.6 Å². The second kappa shape index (κ2) is 7.73. The first kappa shape index (κ1) is 17.5. The number of benzene rings is 2. The molecule has 0 aliphatic heterocycles. The summed E-state index contributed by atoms with van der Waals surface area (Å²) in [6.45, 7) is 6.30. The van der Waals surface area contributed by atoms with Gasteiger partial charge in [-0.05, 0) is 56.5 Å². The van der Waals surface area contributed by atoms with Crippen LogP contribution >= 0.6 is 0 Å². The molecule has 1 amide bonds. The molecule has 3 nitrogen and oxygen atoms in total. The summed E-state index contributed by atoms with van der Waals surface area (Å²) in [4.78, 5) is 16.4. The summed E-state index contributed by atoms with van der Waals surface area (Å²) in [6, 6.07) is 18.9. The van der Waals surface area contributed by atoms with Crippen LogP contribution in [0.25, 0.3) is 0 Å². The van der Waals surface area contributed by atoms with Gasteiger partial charge in [0, 0.05) is 24.5 Å². The molecule has 3 rings (SSSR count). The summed E-state index contributed by atoms with van der Waals surface area (Å²) in [6.07, 6.45) is 5.39. The van der Waals surface area contributed by atoms with E-state index in [1.807, 2.05) is 11.0 Å². The lowest BCUT2D eigenvalue weighted by molar-refractivity contribution is -0.108. The highest BCUT2D eigenvalue weighted by Crippen LogP contribution is 2.45. The molecule has 25 heavy (non-hydrogen) atoms. The van der Waals surface area contributed by atoms with E-state index in [9.17, 15) is 4.79 Å². The third-order valence-corrected chi connectivity index (χ3v) is 5.56. The molecule has 1 fully saturated rings. The average molecular weight is 336 g/mol. The first-order valence-corrected chi connectivity index (χ1v) is 9.40. The minimum Gasteiger partial charge on any atom is -0.372 e. The van der Waals surface area contributed by atoms with Crippen molar-refractivity contribution in [2.24, 2.45) is 0 Å². The second-order valence-corrected chi connectivity index (χ2v) is 6.77. The van der Waals surface area contributed by atoms with Crippen LogP contribution in [0.4, 0.5) is 11.4 Å². The van der Waals surface area contributed by atoms with Crippen molar-refractivity contribution in [2.75, 3.05) is 22.9 Å². The van der Waals surface area contributed by atoms with Gasteiger partial charge in [-0.2, -0.15) is 0 Å². The molecule has 0 aromatic heterocycles. The van der Waals surface area contributed by atoms with Crippen LogP contribution in [0.15, 0.2) is 54.6 Å². The van der Waals surface area contributed by atoms with Gasteiger partial charge in [0.1, 0.15) is 0 Å². The van der Waals surface area contributed by atoms with Crippen LogP contribution in [-0.4, -0.2) is 19.5 Å². The largest absolute Gasteiger partial charge is 0.372 e. The number of hydrogen-bond donors (Lipinski definition) is 0. The van der Waals surface area contributed by atoms with E-state index in [4.69, 9.17) is 0 Å². The molecule has 0 radical (unpaired) electrons. The van der Waals surface area contributed by atoms with E-state index < -0.39 is 0 Å². The first-order chi connectivity index (χ1) is 12.2. The number of amides is 1. The van der Waals surface area contributed by atoms with Crippen LogP contribution in [0.1, 0.15) is 45.1 Å². The minimum atomic E-state index is -0.209. The molecule has 0 N–H and O–H groups in total. The van der Waals surface area contributed by atoms with Gasteiger partial charge in [-0.1, -0.05) is 43.2 Å². The normalized spacial score (nSPS) is 15.8. The predicted molar refractivity (Wildman–Crippen MR) is 105 cm³/mol. The Morgan fingerprint density at radius 3 is 1.96 bits per heavy atom. The van der Waals surface area contributed by atoms with E-state index in [2.05, 4.69) is 67.3 Å². The molecule has 0 atom stereocenters. The monoisotopic (exact) mass is 336 g/mol. The molecular formula is C22H28N2O. The van der Waals surface area contributed by atoms with Crippen LogP contribution in [-0.2, 0) is 10.3 Å². The lowest BCUT2D eigenvalue weighted by Crippen LogP contribution is -2.43. The van der Waals surface area contributed by atoms with Crippen molar-refractivity contribution in [3.05, 3.63) is 60.2 Å². The zero-order valence-corrected chi connectivity index (χ0v) is 15.3. The third-order valence-electron chi connectivity index (χ3n) is 5.56. The Morgan fingerprint density at radius 2 is 1.44 bits per heavy atom. The fraction of sp³-hybridized carbons (Fsp3) is 0.409.